The van der Waals surface area contributed by atoms with E-state index in [9.17, 15) is 18.0 Å². The number of sulfonamides is 1. The Morgan fingerprint density at radius 2 is 1.88 bits per heavy atom. The normalized spacial score (nSPS) is 11.6. The van der Waals surface area contributed by atoms with Crippen LogP contribution in [0.5, 0.6) is 5.75 Å². The first-order valence-corrected chi connectivity index (χ1v) is 12.3. The molecule has 4 aromatic rings. The predicted molar refractivity (Wildman–Crippen MR) is 128 cm³/mol. The Morgan fingerprint density at radius 1 is 1.15 bits per heavy atom. The van der Waals surface area contributed by atoms with Gasteiger partial charge >= 0.3 is 5.97 Å². The lowest BCUT2D eigenvalue weighted by Crippen LogP contribution is -2.14. The van der Waals surface area contributed by atoms with Crippen LogP contribution in [0.3, 0.4) is 0 Å². The smallest absolute Gasteiger partial charge is 0.331 e. The summed E-state index contributed by atoms with van der Waals surface area (Å²) in [5, 5.41) is 1.74. The molecule has 11 heteroatoms. The maximum Gasteiger partial charge on any atom is 0.331 e. The third-order valence-corrected chi connectivity index (χ3v) is 6.82. The number of carbonyl (C=O) groups is 1. The lowest BCUT2D eigenvalue weighted by atomic mass is 10.2. The summed E-state index contributed by atoms with van der Waals surface area (Å²) >= 11 is 1.31. The number of hydrogen-bond acceptors (Lipinski definition) is 8. The molecule has 0 fully saturated rings. The number of carbonyl (C=O) groups excluding carboxylic acids is 1. The molecule has 2 heterocycles. The molecule has 0 aliphatic carbocycles. The zero-order valence-electron chi connectivity index (χ0n) is 17.9. The van der Waals surface area contributed by atoms with Crippen molar-refractivity contribution in [1.82, 2.24) is 9.38 Å². The monoisotopic (exact) mass is 497 g/mol. The maximum absolute atomic E-state index is 12.6. The number of aromatic nitrogens is 2. The SMILES string of the molecule is COc1ccc(NS(=O)(=O)c2ccc(/C=C/C(=O)OCc3cc(=O)n4ccsc4n3)cc2)cc1. The van der Waals surface area contributed by atoms with Crippen LogP contribution in [-0.4, -0.2) is 30.9 Å². The number of methoxy groups -OCH3 is 1. The molecule has 0 spiro atoms. The number of thiazole rings is 1. The van der Waals surface area contributed by atoms with Gasteiger partial charge in [0.25, 0.3) is 15.6 Å². The van der Waals surface area contributed by atoms with Crippen LogP contribution < -0.4 is 15.0 Å². The minimum absolute atomic E-state index is 0.0735. The lowest BCUT2D eigenvalue weighted by Gasteiger charge is -2.09. The molecule has 0 amide bonds. The van der Waals surface area contributed by atoms with Crippen LogP contribution in [0.25, 0.3) is 11.0 Å². The van der Waals surface area contributed by atoms with E-state index < -0.39 is 16.0 Å². The molecule has 0 aliphatic heterocycles. The Labute approximate surface area is 199 Å². The van der Waals surface area contributed by atoms with Gasteiger partial charge < -0.3 is 9.47 Å². The molecule has 0 saturated carbocycles. The van der Waals surface area contributed by atoms with E-state index in [4.69, 9.17) is 9.47 Å². The highest BCUT2D eigenvalue weighted by atomic mass is 32.2. The van der Waals surface area contributed by atoms with Gasteiger partial charge in [-0.05, 0) is 48.0 Å². The van der Waals surface area contributed by atoms with Crippen molar-refractivity contribution in [3.8, 4) is 5.75 Å². The number of nitrogens with zero attached hydrogens (tertiary/aromatic N) is 2. The summed E-state index contributed by atoms with van der Waals surface area (Å²) in [5.74, 6) is -0.00216. The Morgan fingerprint density at radius 3 is 2.59 bits per heavy atom. The van der Waals surface area contributed by atoms with Gasteiger partial charge in [0, 0.05) is 29.4 Å². The number of rotatable bonds is 8. The standard InChI is InChI=1S/C23H19N3O6S2/c1-31-19-7-5-17(6-8-19)25-34(29,30)20-9-2-16(3-10-20)4-11-22(28)32-15-18-14-21(27)26-12-13-33-23(26)24-18/h2-14,25H,15H2,1H3/b11-4+. The Bertz CT molecular complexity index is 1510. The second-order valence-electron chi connectivity index (χ2n) is 6.99. The number of esters is 1. The minimum atomic E-state index is -3.78. The van der Waals surface area contributed by atoms with Crippen LogP contribution in [0.2, 0.25) is 0 Å². The Hall–Kier alpha value is -3.96. The summed E-state index contributed by atoms with van der Waals surface area (Å²) in [4.78, 5) is 28.9. The van der Waals surface area contributed by atoms with E-state index >= 15 is 0 Å². The summed E-state index contributed by atoms with van der Waals surface area (Å²) < 4.78 is 39.3. The number of ether oxygens (including phenoxy) is 2. The molecule has 0 unspecified atom stereocenters. The minimum Gasteiger partial charge on any atom is -0.497 e. The highest BCUT2D eigenvalue weighted by molar-refractivity contribution is 7.92. The van der Waals surface area contributed by atoms with Gasteiger partial charge in [-0.1, -0.05) is 12.1 Å². The van der Waals surface area contributed by atoms with E-state index in [2.05, 4.69) is 9.71 Å². The molecule has 2 aromatic heterocycles. The third kappa shape index (κ3) is 5.50. The summed E-state index contributed by atoms with van der Waals surface area (Å²) in [7, 11) is -2.25. The van der Waals surface area contributed by atoms with E-state index in [-0.39, 0.29) is 17.1 Å². The fourth-order valence-electron chi connectivity index (χ4n) is 2.95. The zero-order valence-corrected chi connectivity index (χ0v) is 19.5. The number of benzene rings is 2. The van der Waals surface area contributed by atoms with Gasteiger partial charge in [-0.25, -0.2) is 18.2 Å². The fourth-order valence-corrected chi connectivity index (χ4v) is 4.75. The third-order valence-electron chi connectivity index (χ3n) is 4.66. The molecule has 174 valence electrons. The number of anilines is 1. The number of nitrogens with one attached hydrogen (secondary N) is 1. The van der Waals surface area contributed by atoms with Gasteiger partial charge in [-0.3, -0.25) is 13.9 Å². The molecule has 0 aliphatic rings. The lowest BCUT2D eigenvalue weighted by molar-refractivity contribution is -0.139. The predicted octanol–water partition coefficient (Wildman–Crippen LogP) is 3.32. The molecule has 0 atom stereocenters. The molecule has 34 heavy (non-hydrogen) atoms. The van der Waals surface area contributed by atoms with Crippen LogP contribution in [0.1, 0.15) is 11.3 Å². The molecule has 4 rings (SSSR count). The second-order valence-corrected chi connectivity index (χ2v) is 9.54. The Kier molecular flexibility index (Phi) is 6.75. The summed E-state index contributed by atoms with van der Waals surface area (Å²) in [6.45, 7) is -0.138. The number of hydrogen-bond donors (Lipinski definition) is 1. The average Bonchev–Trinajstić information content (AvgIpc) is 3.31. The van der Waals surface area contributed by atoms with Crippen molar-refractivity contribution in [2.75, 3.05) is 11.8 Å². The van der Waals surface area contributed by atoms with Crippen molar-refractivity contribution in [3.63, 3.8) is 0 Å². The molecule has 9 nitrogen and oxygen atoms in total. The van der Waals surface area contributed by atoms with E-state index in [0.29, 0.717) is 27.7 Å². The van der Waals surface area contributed by atoms with Crippen LogP contribution in [-0.2, 0) is 26.2 Å². The van der Waals surface area contributed by atoms with Crippen LogP contribution in [0.4, 0.5) is 5.69 Å². The first-order chi connectivity index (χ1) is 16.3. The molecule has 2 aromatic carbocycles. The van der Waals surface area contributed by atoms with Crippen LogP contribution in [0.15, 0.2) is 81.9 Å². The van der Waals surface area contributed by atoms with Crippen molar-refractivity contribution in [1.29, 1.82) is 0 Å². The van der Waals surface area contributed by atoms with Crippen molar-refractivity contribution >= 4 is 44.1 Å². The second kappa shape index (κ2) is 9.89. The highest BCUT2D eigenvalue weighted by Gasteiger charge is 2.14. The molecular formula is C23H19N3O6S2. The topological polar surface area (TPSA) is 116 Å². The highest BCUT2D eigenvalue weighted by Crippen LogP contribution is 2.20. The molecule has 1 N–H and O–H groups in total. The van der Waals surface area contributed by atoms with Crippen molar-refractivity contribution in [2.45, 2.75) is 11.5 Å². The molecule has 0 bridgehead atoms. The van der Waals surface area contributed by atoms with Gasteiger partial charge in [0.1, 0.15) is 12.4 Å². The fraction of sp³-hybridized carbons (Fsp3) is 0.0870. The average molecular weight is 498 g/mol. The van der Waals surface area contributed by atoms with E-state index in [1.165, 1.54) is 53.2 Å². The first-order valence-electron chi connectivity index (χ1n) is 9.92. The van der Waals surface area contributed by atoms with Crippen molar-refractivity contribution in [2.24, 2.45) is 0 Å². The quantitative estimate of drug-likeness (QED) is 0.293. The van der Waals surface area contributed by atoms with Crippen molar-refractivity contribution in [3.05, 3.63) is 93.9 Å². The van der Waals surface area contributed by atoms with Gasteiger partial charge in [0.05, 0.1) is 17.7 Å². The largest absolute Gasteiger partial charge is 0.497 e. The molecular weight excluding hydrogens is 478 g/mol. The summed E-state index contributed by atoms with van der Waals surface area (Å²) in [5.41, 5.74) is 1.12. The van der Waals surface area contributed by atoms with E-state index in [0.717, 1.165) is 0 Å². The van der Waals surface area contributed by atoms with E-state index in [1.54, 1.807) is 48.0 Å². The van der Waals surface area contributed by atoms with E-state index in [1.807, 2.05) is 0 Å². The van der Waals surface area contributed by atoms with Gasteiger partial charge in [-0.15, -0.1) is 11.3 Å². The maximum atomic E-state index is 12.6. The first kappa shape index (κ1) is 23.2. The number of fused-ring (bicyclic) bond motifs is 1. The van der Waals surface area contributed by atoms with Crippen molar-refractivity contribution < 1.29 is 22.7 Å². The Balaban J connectivity index is 1.35. The zero-order chi connectivity index (χ0) is 24.1. The molecule has 0 saturated heterocycles. The van der Waals surface area contributed by atoms with Crippen LogP contribution in [0, 0.1) is 0 Å². The van der Waals surface area contributed by atoms with Crippen LogP contribution >= 0.6 is 11.3 Å². The van der Waals surface area contributed by atoms with Gasteiger partial charge in [-0.2, -0.15) is 0 Å². The summed E-state index contributed by atoms with van der Waals surface area (Å²) in [6, 6.07) is 13.8. The summed E-state index contributed by atoms with van der Waals surface area (Å²) in [6.07, 6.45) is 4.34. The van der Waals surface area contributed by atoms with Gasteiger partial charge in [0.2, 0.25) is 0 Å². The molecule has 0 radical (unpaired) electrons. The van der Waals surface area contributed by atoms with Gasteiger partial charge in [0.15, 0.2) is 4.96 Å².